The lowest BCUT2D eigenvalue weighted by Crippen LogP contribution is -2.25. The number of aliphatic hydroxyl groups is 1. The molecule has 0 aliphatic heterocycles. The standard InChI is InChI=1S/C17H16F3N5O3S2/c1-2-25-14-10(6-22-25)15(24-16(23-14)17(18,19)20)29-8-11(27)12-4-3-9(30-12)5-21-13(28)7-26/h3-4,6,26H,2,5,7-8H2,1H3,(H,21,28). The fourth-order valence-corrected chi connectivity index (χ4v) is 4.32. The zero-order valence-corrected chi connectivity index (χ0v) is 17.2. The number of amides is 1. The van der Waals surface area contributed by atoms with Gasteiger partial charge in [-0.1, -0.05) is 11.8 Å². The Labute approximate surface area is 176 Å². The molecule has 0 aliphatic carbocycles. The lowest BCUT2D eigenvalue weighted by molar-refractivity contribution is -0.145. The number of thiophene rings is 1. The van der Waals surface area contributed by atoms with E-state index in [9.17, 15) is 22.8 Å². The van der Waals surface area contributed by atoms with Crippen molar-refractivity contribution in [1.29, 1.82) is 0 Å². The predicted octanol–water partition coefficient (Wildman–Crippen LogP) is 2.51. The summed E-state index contributed by atoms with van der Waals surface area (Å²) in [6.07, 6.45) is -3.34. The number of aromatic nitrogens is 4. The van der Waals surface area contributed by atoms with E-state index in [1.165, 1.54) is 10.9 Å². The van der Waals surface area contributed by atoms with Gasteiger partial charge in [0, 0.05) is 11.4 Å². The number of carbonyl (C=O) groups excluding carboxylic acids is 2. The maximum absolute atomic E-state index is 13.2. The van der Waals surface area contributed by atoms with Gasteiger partial charge in [-0.25, -0.2) is 14.6 Å². The van der Waals surface area contributed by atoms with Crippen molar-refractivity contribution < 1.29 is 27.9 Å². The number of thioether (sulfide) groups is 1. The second-order valence-corrected chi connectivity index (χ2v) is 8.09. The summed E-state index contributed by atoms with van der Waals surface area (Å²) < 4.78 is 40.9. The SMILES string of the molecule is CCn1ncc2c(SCC(=O)c3ccc(CNC(=O)CO)s3)nc(C(F)(F)F)nc21. The molecule has 0 bridgehead atoms. The van der Waals surface area contributed by atoms with Crippen LogP contribution in [-0.4, -0.2) is 48.9 Å². The van der Waals surface area contributed by atoms with Gasteiger partial charge in [0.15, 0.2) is 11.4 Å². The normalized spacial score (nSPS) is 11.8. The summed E-state index contributed by atoms with van der Waals surface area (Å²) in [7, 11) is 0. The number of hydrogen-bond acceptors (Lipinski definition) is 8. The number of aryl methyl sites for hydroxylation is 1. The third kappa shape index (κ3) is 4.96. The molecule has 0 fully saturated rings. The van der Waals surface area contributed by atoms with Crippen molar-refractivity contribution >= 4 is 45.8 Å². The molecule has 0 aliphatic rings. The van der Waals surface area contributed by atoms with E-state index < -0.39 is 24.5 Å². The number of nitrogens with zero attached hydrogens (tertiary/aromatic N) is 4. The summed E-state index contributed by atoms with van der Waals surface area (Å²) in [5.74, 6) is -2.22. The molecule has 3 aromatic rings. The Morgan fingerprint density at radius 3 is 2.73 bits per heavy atom. The number of nitrogens with one attached hydrogen (secondary N) is 1. The van der Waals surface area contributed by atoms with Crippen LogP contribution in [0.15, 0.2) is 23.4 Å². The number of rotatable bonds is 8. The molecule has 0 spiro atoms. The van der Waals surface area contributed by atoms with Crippen LogP contribution in [0.3, 0.4) is 0 Å². The van der Waals surface area contributed by atoms with Crippen LogP contribution in [0, 0.1) is 0 Å². The van der Waals surface area contributed by atoms with Crippen molar-refractivity contribution in [3.05, 3.63) is 33.9 Å². The van der Waals surface area contributed by atoms with Gasteiger partial charge >= 0.3 is 6.18 Å². The first-order chi connectivity index (χ1) is 14.2. The summed E-state index contributed by atoms with van der Waals surface area (Å²) in [5, 5.41) is 15.6. The Kier molecular flexibility index (Phi) is 6.73. The average Bonchev–Trinajstić information content (AvgIpc) is 3.35. The van der Waals surface area contributed by atoms with Crippen molar-refractivity contribution in [1.82, 2.24) is 25.1 Å². The van der Waals surface area contributed by atoms with E-state index in [0.29, 0.717) is 21.7 Å². The Morgan fingerprint density at radius 2 is 2.07 bits per heavy atom. The minimum Gasteiger partial charge on any atom is -0.387 e. The molecule has 30 heavy (non-hydrogen) atoms. The van der Waals surface area contributed by atoms with Crippen molar-refractivity contribution in [2.45, 2.75) is 31.2 Å². The highest BCUT2D eigenvalue weighted by atomic mass is 32.2. The first-order valence-electron chi connectivity index (χ1n) is 8.66. The maximum atomic E-state index is 13.2. The molecule has 160 valence electrons. The first kappa shape index (κ1) is 22.2. The minimum atomic E-state index is -4.72. The third-order valence-corrected chi connectivity index (χ3v) is 6.01. The van der Waals surface area contributed by atoms with Crippen LogP contribution >= 0.6 is 23.1 Å². The van der Waals surface area contributed by atoms with Crippen LogP contribution in [0.1, 0.15) is 27.3 Å². The molecule has 8 nitrogen and oxygen atoms in total. The molecule has 0 unspecified atom stereocenters. The molecule has 13 heteroatoms. The largest absolute Gasteiger partial charge is 0.451 e. The van der Waals surface area contributed by atoms with E-state index in [1.807, 2.05) is 0 Å². The molecule has 0 saturated carbocycles. The van der Waals surface area contributed by atoms with E-state index in [4.69, 9.17) is 5.11 Å². The van der Waals surface area contributed by atoms with Crippen LogP contribution in [0.4, 0.5) is 13.2 Å². The van der Waals surface area contributed by atoms with Gasteiger partial charge in [-0.15, -0.1) is 11.3 Å². The molecule has 1 amide bonds. The van der Waals surface area contributed by atoms with E-state index in [2.05, 4.69) is 20.4 Å². The topological polar surface area (TPSA) is 110 Å². The average molecular weight is 459 g/mol. The number of fused-ring (bicyclic) bond motifs is 1. The summed E-state index contributed by atoms with van der Waals surface area (Å²) in [6.45, 7) is 1.61. The molecule has 0 atom stereocenters. The van der Waals surface area contributed by atoms with Crippen LogP contribution < -0.4 is 5.32 Å². The highest BCUT2D eigenvalue weighted by molar-refractivity contribution is 8.00. The molecule has 3 aromatic heterocycles. The van der Waals surface area contributed by atoms with E-state index in [1.54, 1.807) is 19.1 Å². The van der Waals surface area contributed by atoms with Gasteiger partial charge in [0.2, 0.25) is 11.7 Å². The van der Waals surface area contributed by atoms with E-state index >= 15 is 0 Å². The predicted molar refractivity (Wildman–Crippen MR) is 104 cm³/mol. The molecular weight excluding hydrogens is 443 g/mol. The maximum Gasteiger partial charge on any atom is 0.451 e. The van der Waals surface area contributed by atoms with E-state index in [0.717, 1.165) is 23.1 Å². The van der Waals surface area contributed by atoms with Crippen molar-refractivity contribution in [3.8, 4) is 0 Å². The van der Waals surface area contributed by atoms with Gasteiger partial charge in [-0.05, 0) is 19.1 Å². The Bertz CT molecular complexity index is 1080. The van der Waals surface area contributed by atoms with Gasteiger partial charge in [0.05, 0.1) is 28.8 Å². The van der Waals surface area contributed by atoms with Crippen molar-refractivity contribution in [2.24, 2.45) is 0 Å². The summed E-state index contributed by atoms with van der Waals surface area (Å²) in [5.41, 5.74) is 0.0628. The van der Waals surface area contributed by atoms with Crippen LogP contribution in [0.5, 0.6) is 0 Å². The molecule has 3 heterocycles. The highest BCUT2D eigenvalue weighted by Crippen LogP contribution is 2.32. The monoisotopic (exact) mass is 459 g/mol. The number of alkyl halides is 3. The van der Waals surface area contributed by atoms with Crippen molar-refractivity contribution in [2.75, 3.05) is 12.4 Å². The summed E-state index contributed by atoms with van der Waals surface area (Å²) in [4.78, 5) is 31.9. The van der Waals surface area contributed by atoms with Gasteiger partial charge < -0.3 is 10.4 Å². The fraction of sp³-hybridized carbons (Fsp3) is 0.353. The van der Waals surface area contributed by atoms with Gasteiger partial charge in [0.25, 0.3) is 0 Å². The zero-order chi connectivity index (χ0) is 21.9. The smallest absolute Gasteiger partial charge is 0.387 e. The number of Topliss-reactive ketones (excluding diaryl/α,β-unsaturated/α-hetero) is 1. The molecular formula is C17H16F3N5O3S2. The molecule has 3 rings (SSSR count). The van der Waals surface area contributed by atoms with Gasteiger partial charge in [-0.3, -0.25) is 9.59 Å². The second kappa shape index (κ2) is 9.10. The Balaban J connectivity index is 1.77. The van der Waals surface area contributed by atoms with Crippen LogP contribution in [-0.2, 0) is 24.1 Å². The summed E-state index contributed by atoms with van der Waals surface area (Å²) in [6, 6.07) is 3.25. The quantitative estimate of drug-likeness (QED) is 0.303. The first-order valence-corrected chi connectivity index (χ1v) is 10.5. The molecule has 2 N–H and O–H groups in total. The zero-order valence-electron chi connectivity index (χ0n) is 15.6. The second-order valence-electron chi connectivity index (χ2n) is 5.96. The lowest BCUT2D eigenvalue weighted by Gasteiger charge is -2.08. The van der Waals surface area contributed by atoms with Crippen LogP contribution in [0.25, 0.3) is 11.0 Å². The highest BCUT2D eigenvalue weighted by Gasteiger charge is 2.36. The molecule has 0 saturated heterocycles. The molecule has 0 aromatic carbocycles. The number of ketones is 1. The third-order valence-electron chi connectivity index (χ3n) is 3.89. The van der Waals surface area contributed by atoms with Crippen LogP contribution in [0.2, 0.25) is 0 Å². The lowest BCUT2D eigenvalue weighted by atomic mass is 10.3. The number of aliphatic hydroxyl groups excluding tert-OH is 1. The minimum absolute atomic E-state index is 0.0346. The number of halogens is 3. The molecule has 0 radical (unpaired) electrons. The number of hydrogen-bond donors (Lipinski definition) is 2. The Hall–Kier alpha value is -2.51. The Morgan fingerprint density at radius 1 is 1.30 bits per heavy atom. The summed E-state index contributed by atoms with van der Waals surface area (Å²) >= 11 is 2.05. The number of carbonyl (C=O) groups is 2. The van der Waals surface area contributed by atoms with Gasteiger partial charge in [-0.2, -0.15) is 18.3 Å². The fourth-order valence-electron chi connectivity index (χ4n) is 2.47. The van der Waals surface area contributed by atoms with E-state index in [-0.39, 0.29) is 28.8 Å². The van der Waals surface area contributed by atoms with Crippen molar-refractivity contribution in [3.63, 3.8) is 0 Å². The van der Waals surface area contributed by atoms with Gasteiger partial charge in [0.1, 0.15) is 11.6 Å².